The van der Waals surface area contributed by atoms with Crippen molar-refractivity contribution in [1.82, 2.24) is 4.57 Å². The lowest BCUT2D eigenvalue weighted by Gasteiger charge is -2.23. The van der Waals surface area contributed by atoms with E-state index in [9.17, 15) is 0 Å². The van der Waals surface area contributed by atoms with E-state index in [0.29, 0.717) is 0 Å². The van der Waals surface area contributed by atoms with Gasteiger partial charge in [-0.1, -0.05) is 38.5 Å². The lowest BCUT2D eigenvalue weighted by Crippen LogP contribution is -2.35. The summed E-state index contributed by atoms with van der Waals surface area (Å²) in [6.45, 7) is 2.51. The van der Waals surface area contributed by atoms with E-state index in [0.717, 1.165) is 4.48 Å². The molecule has 116 valence electrons. The van der Waals surface area contributed by atoms with Crippen molar-refractivity contribution in [3.8, 4) is 0 Å². The topological polar surface area (TPSA) is 4.93 Å². The maximum Gasteiger partial charge on any atom is 0.0780 e. The Bertz CT molecular complexity index is 309. The van der Waals surface area contributed by atoms with Crippen LogP contribution in [0.2, 0.25) is 0 Å². The van der Waals surface area contributed by atoms with Crippen LogP contribution < -0.4 is 0 Å². The van der Waals surface area contributed by atoms with Gasteiger partial charge in [0, 0.05) is 18.9 Å². The van der Waals surface area contributed by atoms with E-state index >= 15 is 0 Å². The molecule has 0 aliphatic heterocycles. The Balaban J connectivity index is 1.77. The monoisotopic (exact) mass is 279 g/mol. The first kappa shape index (κ1) is 17.3. The van der Waals surface area contributed by atoms with Gasteiger partial charge in [0.05, 0.1) is 27.7 Å². The van der Waals surface area contributed by atoms with Crippen molar-refractivity contribution in [3.63, 3.8) is 0 Å². The second kappa shape index (κ2) is 10.0. The molecule has 0 aromatic carbocycles. The van der Waals surface area contributed by atoms with Crippen LogP contribution in [-0.2, 0) is 6.54 Å². The summed E-state index contributed by atoms with van der Waals surface area (Å²) in [5, 5.41) is 0. The Labute approximate surface area is 126 Å². The highest BCUT2D eigenvalue weighted by molar-refractivity contribution is 4.89. The summed E-state index contributed by atoms with van der Waals surface area (Å²) in [4.78, 5) is 0. The van der Waals surface area contributed by atoms with Crippen LogP contribution in [0.1, 0.15) is 57.8 Å². The molecule has 0 bridgehead atoms. The number of quaternary nitrogens is 1. The van der Waals surface area contributed by atoms with Crippen LogP contribution in [0.5, 0.6) is 0 Å². The molecule has 0 aliphatic carbocycles. The number of aromatic nitrogens is 1. The lowest BCUT2D eigenvalue weighted by atomic mass is 10.1. The summed E-state index contributed by atoms with van der Waals surface area (Å²) in [5.74, 6) is 0. The zero-order chi connectivity index (χ0) is 14.7. The fraction of sp³-hybridized carbons (Fsp3) is 0.778. The number of unbranched alkanes of at least 4 members (excludes halogenated alkanes) is 8. The molecule has 0 unspecified atom stereocenters. The SMILES string of the molecule is C[N+](C)(C)CCCCCCCCCCCn1cccc1. The summed E-state index contributed by atoms with van der Waals surface area (Å²) >= 11 is 0. The molecule has 0 amide bonds. The molecule has 0 atom stereocenters. The minimum absolute atomic E-state index is 1.11. The molecule has 0 radical (unpaired) electrons. The van der Waals surface area contributed by atoms with Crippen LogP contribution in [0.15, 0.2) is 24.5 Å². The Morgan fingerprint density at radius 2 is 1.10 bits per heavy atom. The molecule has 1 aromatic rings. The predicted octanol–water partition coefficient (Wildman–Crippen LogP) is 4.71. The van der Waals surface area contributed by atoms with Gasteiger partial charge in [0.25, 0.3) is 0 Å². The van der Waals surface area contributed by atoms with E-state index in [1.54, 1.807) is 0 Å². The first-order valence-corrected chi connectivity index (χ1v) is 8.49. The first-order valence-electron chi connectivity index (χ1n) is 8.49. The zero-order valence-corrected chi connectivity index (χ0v) is 14.0. The molecule has 1 heterocycles. The Kier molecular flexibility index (Phi) is 8.68. The minimum atomic E-state index is 1.11. The van der Waals surface area contributed by atoms with Crippen molar-refractivity contribution in [1.29, 1.82) is 0 Å². The molecular weight excluding hydrogens is 244 g/mol. The van der Waals surface area contributed by atoms with Crippen molar-refractivity contribution < 1.29 is 4.48 Å². The van der Waals surface area contributed by atoms with Crippen molar-refractivity contribution in [3.05, 3.63) is 24.5 Å². The lowest BCUT2D eigenvalue weighted by molar-refractivity contribution is -0.870. The van der Waals surface area contributed by atoms with E-state index in [-0.39, 0.29) is 0 Å². The summed E-state index contributed by atoms with van der Waals surface area (Å²) in [7, 11) is 6.86. The van der Waals surface area contributed by atoms with Crippen molar-refractivity contribution in [2.45, 2.75) is 64.3 Å². The molecule has 20 heavy (non-hydrogen) atoms. The van der Waals surface area contributed by atoms with Crippen LogP contribution in [0.3, 0.4) is 0 Å². The first-order chi connectivity index (χ1) is 9.58. The van der Waals surface area contributed by atoms with Crippen LogP contribution in [-0.4, -0.2) is 36.7 Å². The van der Waals surface area contributed by atoms with Gasteiger partial charge in [0.2, 0.25) is 0 Å². The molecule has 0 N–H and O–H groups in total. The summed E-state index contributed by atoms with van der Waals surface area (Å²) < 4.78 is 3.40. The van der Waals surface area contributed by atoms with E-state index < -0.39 is 0 Å². The Morgan fingerprint density at radius 3 is 1.60 bits per heavy atom. The van der Waals surface area contributed by atoms with Crippen molar-refractivity contribution in [2.75, 3.05) is 27.7 Å². The van der Waals surface area contributed by atoms with E-state index in [2.05, 4.69) is 50.2 Å². The van der Waals surface area contributed by atoms with Gasteiger partial charge in [0.1, 0.15) is 0 Å². The zero-order valence-electron chi connectivity index (χ0n) is 14.0. The molecule has 0 aliphatic rings. The van der Waals surface area contributed by atoms with Crippen molar-refractivity contribution >= 4 is 0 Å². The van der Waals surface area contributed by atoms with E-state index in [1.165, 1.54) is 70.9 Å². The summed E-state index contributed by atoms with van der Waals surface area (Å²) in [5.41, 5.74) is 0. The third-order valence-electron chi connectivity index (χ3n) is 3.91. The molecule has 0 spiro atoms. The summed E-state index contributed by atoms with van der Waals surface area (Å²) in [6.07, 6.45) is 17.0. The van der Waals surface area contributed by atoms with Gasteiger partial charge >= 0.3 is 0 Å². The molecular formula is C18H35N2+. The maximum atomic E-state index is 2.29. The fourth-order valence-corrected chi connectivity index (χ4v) is 2.64. The van der Waals surface area contributed by atoms with Gasteiger partial charge in [-0.3, -0.25) is 0 Å². The largest absolute Gasteiger partial charge is 0.354 e. The normalized spacial score (nSPS) is 11.9. The van der Waals surface area contributed by atoms with Crippen LogP contribution in [0.25, 0.3) is 0 Å². The van der Waals surface area contributed by atoms with Crippen LogP contribution in [0, 0.1) is 0 Å². The standard InChI is InChI=1S/C18H35N2/c1-20(2,3)18-14-10-8-6-4-5-7-9-11-15-19-16-12-13-17-19/h12-13,16-17H,4-11,14-15,18H2,1-3H3/q+1. The second-order valence-electron chi connectivity index (χ2n) is 7.12. The number of hydrogen-bond acceptors (Lipinski definition) is 0. The fourth-order valence-electron chi connectivity index (χ4n) is 2.64. The molecule has 0 saturated heterocycles. The number of aryl methyl sites for hydroxylation is 1. The van der Waals surface area contributed by atoms with E-state index in [4.69, 9.17) is 0 Å². The second-order valence-corrected chi connectivity index (χ2v) is 7.12. The van der Waals surface area contributed by atoms with Gasteiger partial charge in [-0.25, -0.2) is 0 Å². The predicted molar refractivity (Wildman–Crippen MR) is 88.9 cm³/mol. The van der Waals surface area contributed by atoms with Crippen LogP contribution in [0.4, 0.5) is 0 Å². The molecule has 2 heteroatoms. The van der Waals surface area contributed by atoms with Gasteiger partial charge in [-0.05, 0) is 31.4 Å². The van der Waals surface area contributed by atoms with Gasteiger partial charge < -0.3 is 9.05 Å². The maximum absolute atomic E-state index is 2.29. The summed E-state index contributed by atoms with van der Waals surface area (Å²) in [6, 6.07) is 4.22. The molecule has 0 fully saturated rings. The third-order valence-corrected chi connectivity index (χ3v) is 3.91. The van der Waals surface area contributed by atoms with Gasteiger partial charge in [-0.2, -0.15) is 0 Å². The average molecular weight is 279 g/mol. The number of nitrogens with zero attached hydrogens (tertiary/aromatic N) is 2. The highest BCUT2D eigenvalue weighted by atomic mass is 15.3. The molecule has 0 saturated carbocycles. The highest BCUT2D eigenvalue weighted by Crippen LogP contribution is 2.11. The van der Waals surface area contributed by atoms with Crippen LogP contribution >= 0.6 is 0 Å². The van der Waals surface area contributed by atoms with Crippen molar-refractivity contribution in [2.24, 2.45) is 0 Å². The minimum Gasteiger partial charge on any atom is -0.354 e. The molecule has 1 rings (SSSR count). The Hall–Kier alpha value is -0.760. The number of rotatable bonds is 12. The number of hydrogen-bond donors (Lipinski definition) is 0. The third kappa shape index (κ3) is 10.1. The van der Waals surface area contributed by atoms with E-state index in [1.807, 2.05) is 0 Å². The molecule has 1 aromatic heterocycles. The van der Waals surface area contributed by atoms with Gasteiger partial charge in [-0.15, -0.1) is 0 Å². The highest BCUT2D eigenvalue weighted by Gasteiger charge is 2.04. The smallest absolute Gasteiger partial charge is 0.0780 e. The molecule has 2 nitrogen and oxygen atoms in total. The Morgan fingerprint density at radius 1 is 0.650 bits per heavy atom. The quantitative estimate of drug-likeness (QED) is 0.386. The van der Waals surface area contributed by atoms with Gasteiger partial charge in [0.15, 0.2) is 0 Å². The average Bonchev–Trinajstić information content (AvgIpc) is 2.87.